The van der Waals surface area contributed by atoms with Crippen molar-refractivity contribution < 1.29 is 9.13 Å². The Hall–Kier alpha value is -1.83. The van der Waals surface area contributed by atoms with Crippen molar-refractivity contribution >= 4 is 29.9 Å². The molecule has 2 N–H and O–H groups in total. The highest BCUT2D eigenvalue weighted by Gasteiger charge is 2.00. The molecule has 0 saturated carbocycles. The Morgan fingerprint density at radius 1 is 1.08 bits per heavy atom. The number of hydrogen-bond acceptors (Lipinski definition) is 2. The van der Waals surface area contributed by atoms with Crippen molar-refractivity contribution in [2.24, 2.45) is 4.99 Å². The lowest BCUT2D eigenvalue weighted by Crippen LogP contribution is -2.36. The first kappa shape index (κ1) is 20.2. The van der Waals surface area contributed by atoms with Crippen LogP contribution in [-0.2, 0) is 13.1 Å². The van der Waals surface area contributed by atoms with E-state index in [4.69, 9.17) is 4.74 Å². The number of methoxy groups -OCH3 is 1. The molecule has 0 radical (unpaired) electrons. The molecule has 0 heterocycles. The quantitative estimate of drug-likeness (QED) is 0.407. The van der Waals surface area contributed by atoms with Crippen molar-refractivity contribution in [1.82, 2.24) is 10.6 Å². The van der Waals surface area contributed by atoms with E-state index >= 15 is 0 Å². The first-order valence-electron chi connectivity index (χ1n) is 7.61. The molecule has 0 saturated heterocycles. The standard InChI is InChI=1S/C18H22FN3O.HI/c1-3-20-18(22-13-15-5-4-6-16(19)11-15)21-12-14-7-9-17(23-2)10-8-14;/h4-11H,3,12-13H2,1-2H3,(H2,20,21,22);1H. The summed E-state index contributed by atoms with van der Waals surface area (Å²) in [5.41, 5.74) is 1.97. The molecule has 4 nitrogen and oxygen atoms in total. The first-order chi connectivity index (χ1) is 11.2. The van der Waals surface area contributed by atoms with E-state index in [9.17, 15) is 4.39 Å². The van der Waals surface area contributed by atoms with Crippen LogP contribution in [0.1, 0.15) is 18.1 Å². The zero-order valence-corrected chi connectivity index (χ0v) is 16.2. The topological polar surface area (TPSA) is 45.7 Å². The molecule has 130 valence electrons. The van der Waals surface area contributed by atoms with Gasteiger partial charge in [-0.2, -0.15) is 0 Å². The summed E-state index contributed by atoms with van der Waals surface area (Å²) < 4.78 is 18.3. The lowest BCUT2D eigenvalue weighted by molar-refractivity contribution is 0.414. The van der Waals surface area contributed by atoms with Gasteiger partial charge in [0.15, 0.2) is 5.96 Å². The van der Waals surface area contributed by atoms with Gasteiger partial charge in [-0.1, -0.05) is 24.3 Å². The van der Waals surface area contributed by atoms with Gasteiger partial charge in [0, 0.05) is 13.1 Å². The second-order valence-corrected chi connectivity index (χ2v) is 5.03. The summed E-state index contributed by atoms with van der Waals surface area (Å²) in [6.45, 7) is 3.85. The Bertz CT molecular complexity index is 647. The molecule has 0 aromatic heterocycles. The van der Waals surface area contributed by atoms with Crippen molar-refractivity contribution in [3.63, 3.8) is 0 Å². The predicted octanol–water partition coefficient (Wildman–Crippen LogP) is 3.71. The number of hydrogen-bond donors (Lipinski definition) is 2. The molecular formula is C18H23FIN3O. The highest BCUT2D eigenvalue weighted by molar-refractivity contribution is 14.0. The molecule has 2 aromatic rings. The lowest BCUT2D eigenvalue weighted by Gasteiger charge is -2.11. The van der Waals surface area contributed by atoms with Crippen LogP contribution in [0, 0.1) is 5.82 Å². The molecule has 2 rings (SSSR count). The third kappa shape index (κ3) is 6.74. The van der Waals surface area contributed by atoms with Crippen LogP contribution in [0.5, 0.6) is 5.75 Å². The van der Waals surface area contributed by atoms with Crippen molar-refractivity contribution in [3.8, 4) is 5.75 Å². The smallest absolute Gasteiger partial charge is 0.191 e. The molecular weight excluding hydrogens is 420 g/mol. The second kappa shape index (κ2) is 10.9. The van der Waals surface area contributed by atoms with Gasteiger partial charge in [-0.3, -0.25) is 0 Å². The minimum absolute atomic E-state index is 0. The summed E-state index contributed by atoms with van der Waals surface area (Å²) in [7, 11) is 1.65. The fraction of sp³-hybridized carbons (Fsp3) is 0.278. The molecule has 0 aliphatic carbocycles. The normalized spacial score (nSPS) is 10.7. The zero-order chi connectivity index (χ0) is 16.5. The van der Waals surface area contributed by atoms with Gasteiger partial charge < -0.3 is 15.4 Å². The largest absolute Gasteiger partial charge is 0.497 e. The molecule has 6 heteroatoms. The minimum atomic E-state index is -0.242. The van der Waals surface area contributed by atoms with Crippen LogP contribution in [0.15, 0.2) is 53.5 Å². The van der Waals surface area contributed by atoms with Gasteiger partial charge in [0.25, 0.3) is 0 Å². The monoisotopic (exact) mass is 443 g/mol. The lowest BCUT2D eigenvalue weighted by atomic mass is 10.2. The number of nitrogens with zero attached hydrogens (tertiary/aromatic N) is 1. The van der Waals surface area contributed by atoms with Crippen molar-refractivity contribution in [2.75, 3.05) is 13.7 Å². The molecule has 0 aliphatic rings. The summed E-state index contributed by atoms with van der Waals surface area (Å²) in [4.78, 5) is 4.48. The Morgan fingerprint density at radius 2 is 1.83 bits per heavy atom. The average Bonchev–Trinajstić information content (AvgIpc) is 2.58. The van der Waals surface area contributed by atoms with Crippen LogP contribution in [0.4, 0.5) is 4.39 Å². The van der Waals surface area contributed by atoms with Crippen LogP contribution < -0.4 is 15.4 Å². The zero-order valence-electron chi connectivity index (χ0n) is 13.9. The van der Waals surface area contributed by atoms with E-state index in [1.807, 2.05) is 37.3 Å². The minimum Gasteiger partial charge on any atom is -0.497 e. The van der Waals surface area contributed by atoms with Gasteiger partial charge in [-0.05, 0) is 42.3 Å². The van der Waals surface area contributed by atoms with Gasteiger partial charge in [0.05, 0.1) is 13.7 Å². The first-order valence-corrected chi connectivity index (χ1v) is 7.61. The summed E-state index contributed by atoms with van der Waals surface area (Å²) in [6.07, 6.45) is 0. The second-order valence-electron chi connectivity index (χ2n) is 5.03. The van der Waals surface area contributed by atoms with Crippen LogP contribution in [0.25, 0.3) is 0 Å². The van der Waals surface area contributed by atoms with E-state index in [0.717, 1.165) is 23.4 Å². The van der Waals surface area contributed by atoms with E-state index < -0.39 is 0 Å². The number of benzene rings is 2. The van der Waals surface area contributed by atoms with E-state index in [-0.39, 0.29) is 29.8 Å². The number of ether oxygens (including phenoxy) is 1. The van der Waals surface area contributed by atoms with Gasteiger partial charge in [-0.15, -0.1) is 24.0 Å². The predicted molar refractivity (Wildman–Crippen MR) is 106 cm³/mol. The molecule has 0 atom stereocenters. The summed E-state index contributed by atoms with van der Waals surface area (Å²) >= 11 is 0. The summed E-state index contributed by atoms with van der Waals surface area (Å²) in [5.74, 6) is 1.29. The summed E-state index contributed by atoms with van der Waals surface area (Å²) in [5, 5.41) is 6.44. The SMILES string of the molecule is CCNC(=NCc1cccc(F)c1)NCc1ccc(OC)cc1.I. The third-order valence-electron chi connectivity index (χ3n) is 3.27. The van der Waals surface area contributed by atoms with Crippen LogP contribution in [-0.4, -0.2) is 19.6 Å². The third-order valence-corrected chi connectivity index (χ3v) is 3.27. The molecule has 0 aliphatic heterocycles. The Kier molecular flexibility index (Phi) is 9.14. The van der Waals surface area contributed by atoms with Gasteiger partial charge >= 0.3 is 0 Å². The van der Waals surface area contributed by atoms with Crippen molar-refractivity contribution in [1.29, 1.82) is 0 Å². The Labute approximate surface area is 159 Å². The highest BCUT2D eigenvalue weighted by atomic mass is 127. The average molecular weight is 443 g/mol. The van der Waals surface area contributed by atoms with Gasteiger partial charge in [0.2, 0.25) is 0 Å². The number of aliphatic imine (C=N–C) groups is 1. The fourth-order valence-electron chi connectivity index (χ4n) is 2.08. The van der Waals surface area contributed by atoms with Crippen molar-refractivity contribution in [2.45, 2.75) is 20.0 Å². The van der Waals surface area contributed by atoms with Gasteiger partial charge in [-0.25, -0.2) is 9.38 Å². The number of rotatable bonds is 6. The Balaban J connectivity index is 0.00000288. The van der Waals surface area contributed by atoms with E-state index in [1.54, 1.807) is 13.2 Å². The maximum absolute atomic E-state index is 13.2. The molecule has 2 aromatic carbocycles. The number of halogens is 2. The van der Waals surface area contributed by atoms with E-state index in [1.165, 1.54) is 12.1 Å². The van der Waals surface area contributed by atoms with Crippen LogP contribution in [0.3, 0.4) is 0 Å². The molecule has 0 unspecified atom stereocenters. The van der Waals surface area contributed by atoms with E-state index in [2.05, 4.69) is 15.6 Å². The number of guanidine groups is 1. The maximum atomic E-state index is 13.2. The van der Waals surface area contributed by atoms with Crippen molar-refractivity contribution in [3.05, 3.63) is 65.5 Å². The molecule has 0 amide bonds. The van der Waals surface area contributed by atoms with Gasteiger partial charge in [0.1, 0.15) is 11.6 Å². The Morgan fingerprint density at radius 3 is 2.46 bits per heavy atom. The molecule has 24 heavy (non-hydrogen) atoms. The maximum Gasteiger partial charge on any atom is 0.191 e. The summed E-state index contributed by atoms with van der Waals surface area (Å²) in [6, 6.07) is 14.3. The number of nitrogens with one attached hydrogen (secondary N) is 2. The fourth-order valence-corrected chi connectivity index (χ4v) is 2.08. The van der Waals surface area contributed by atoms with Crippen LogP contribution >= 0.6 is 24.0 Å². The van der Waals surface area contributed by atoms with Crippen LogP contribution in [0.2, 0.25) is 0 Å². The van der Waals surface area contributed by atoms with E-state index in [0.29, 0.717) is 19.0 Å². The molecule has 0 spiro atoms. The molecule has 0 fully saturated rings. The highest BCUT2D eigenvalue weighted by Crippen LogP contribution is 2.11. The molecule has 0 bridgehead atoms.